The first-order chi connectivity index (χ1) is 9.27. The molecule has 0 amide bonds. The van der Waals surface area contributed by atoms with Gasteiger partial charge in [0.1, 0.15) is 23.4 Å². The molecule has 0 bridgehead atoms. The van der Waals surface area contributed by atoms with E-state index < -0.39 is 11.9 Å². The Morgan fingerprint density at radius 1 is 1.26 bits per heavy atom. The van der Waals surface area contributed by atoms with Crippen LogP contribution >= 0.6 is 0 Å². The molecule has 1 aliphatic rings. The molecule has 1 unspecified atom stereocenters. The van der Waals surface area contributed by atoms with Gasteiger partial charge in [0, 0.05) is 11.8 Å². The highest BCUT2D eigenvalue weighted by atomic mass is 19.1. The van der Waals surface area contributed by atoms with Crippen LogP contribution in [-0.2, 0) is 6.42 Å². The van der Waals surface area contributed by atoms with Gasteiger partial charge in [0.25, 0.3) is 0 Å². The normalized spacial score (nSPS) is 15.5. The van der Waals surface area contributed by atoms with Gasteiger partial charge >= 0.3 is 0 Å². The summed E-state index contributed by atoms with van der Waals surface area (Å²) in [6.45, 7) is 0.626. The molecule has 3 rings (SSSR count). The van der Waals surface area contributed by atoms with Crippen LogP contribution in [0.15, 0.2) is 36.5 Å². The Morgan fingerprint density at radius 2 is 2.16 bits per heavy atom. The molecule has 0 spiro atoms. The fraction of sp³-hybridized carbons (Fsp3) is 0.267. The topological polar surface area (TPSA) is 42.4 Å². The molecular formula is C15H14FNO2. The van der Waals surface area contributed by atoms with Crippen LogP contribution in [0.2, 0.25) is 0 Å². The van der Waals surface area contributed by atoms with Crippen molar-refractivity contribution in [1.82, 2.24) is 4.98 Å². The number of rotatable bonds is 2. The first kappa shape index (κ1) is 12.1. The van der Waals surface area contributed by atoms with Crippen LogP contribution < -0.4 is 4.74 Å². The van der Waals surface area contributed by atoms with Crippen LogP contribution in [0.1, 0.15) is 29.3 Å². The number of benzene rings is 1. The summed E-state index contributed by atoms with van der Waals surface area (Å²) in [4.78, 5) is 3.92. The van der Waals surface area contributed by atoms with Crippen molar-refractivity contribution in [2.75, 3.05) is 6.61 Å². The average Bonchev–Trinajstić information content (AvgIpc) is 2.46. The summed E-state index contributed by atoms with van der Waals surface area (Å²) in [6.07, 6.45) is 2.25. The Kier molecular flexibility index (Phi) is 3.17. The number of hydrogen-bond acceptors (Lipinski definition) is 3. The maximum absolute atomic E-state index is 13.7. The van der Waals surface area contributed by atoms with Gasteiger partial charge in [0.15, 0.2) is 0 Å². The van der Waals surface area contributed by atoms with E-state index in [4.69, 9.17) is 4.74 Å². The SMILES string of the molecule is OC(c1cccc2c1OCCC2)c1ncccc1F. The molecule has 0 radical (unpaired) electrons. The van der Waals surface area contributed by atoms with E-state index in [0.29, 0.717) is 17.9 Å². The minimum Gasteiger partial charge on any atom is -0.493 e. The number of aromatic nitrogens is 1. The van der Waals surface area contributed by atoms with E-state index in [2.05, 4.69) is 4.98 Å². The van der Waals surface area contributed by atoms with Crippen LogP contribution in [0.4, 0.5) is 4.39 Å². The summed E-state index contributed by atoms with van der Waals surface area (Å²) in [7, 11) is 0. The quantitative estimate of drug-likeness (QED) is 0.901. The number of para-hydroxylation sites is 1. The summed E-state index contributed by atoms with van der Waals surface area (Å²) in [5.74, 6) is 0.162. The maximum atomic E-state index is 13.7. The van der Waals surface area contributed by atoms with Gasteiger partial charge in [-0.05, 0) is 30.5 Å². The second-order valence-corrected chi connectivity index (χ2v) is 4.56. The summed E-state index contributed by atoms with van der Waals surface area (Å²) in [5.41, 5.74) is 1.67. The van der Waals surface area contributed by atoms with Crippen LogP contribution in [0.25, 0.3) is 0 Å². The van der Waals surface area contributed by atoms with Crippen LogP contribution in [0, 0.1) is 5.82 Å². The molecule has 1 N–H and O–H groups in total. The number of nitrogens with zero attached hydrogens (tertiary/aromatic N) is 1. The number of aliphatic hydroxyl groups is 1. The zero-order chi connectivity index (χ0) is 13.2. The van der Waals surface area contributed by atoms with Crippen molar-refractivity contribution >= 4 is 0 Å². The highest BCUT2D eigenvalue weighted by molar-refractivity contribution is 5.46. The van der Waals surface area contributed by atoms with E-state index >= 15 is 0 Å². The molecule has 2 heterocycles. The van der Waals surface area contributed by atoms with E-state index in [9.17, 15) is 9.50 Å². The molecule has 4 heteroatoms. The molecule has 1 aromatic heterocycles. The lowest BCUT2D eigenvalue weighted by molar-refractivity contribution is 0.197. The molecule has 3 nitrogen and oxygen atoms in total. The van der Waals surface area contributed by atoms with E-state index in [1.54, 1.807) is 6.07 Å². The minimum absolute atomic E-state index is 0.0325. The van der Waals surface area contributed by atoms with Crippen molar-refractivity contribution in [2.24, 2.45) is 0 Å². The molecule has 1 atom stereocenters. The molecule has 19 heavy (non-hydrogen) atoms. The maximum Gasteiger partial charge on any atom is 0.147 e. The monoisotopic (exact) mass is 259 g/mol. The molecule has 0 saturated heterocycles. The van der Waals surface area contributed by atoms with Gasteiger partial charge in [0.2, 0.25) is 0 Å². The first-order valence-corrected chi connectivity index (χ1v) is 6.30. The van der Waals surface area contributed by atoms with E-state index in [1.807, 2.05) is 12.1 Å². The van der Waals surface area contributed by atoms with Gasteiger partial charge in [-0.25, -0.2) is 4.39 Å². The number of aliphatic hydroxyl groups excluding tert-OH is 1. The average molecular weight is 259 g/mol. The zero-order valence-electron chi connectivity index (χ0n) is 10.3. The van der Waals surface area contributed by atoms with Crippen molar-refractivity contribution < 1.29 is 14.2 Å². The van der Waals surface area contributed by atoms with Crippen molar-refractivity contribution in [3.05, 3.63) is 59.2 Å². The third-order valence-electron chi connectivity index (χ3n) is 3.30. The van der Waals surface area contributed by atoms with Crippen molar-refractivity contribution in [3.8, 4) is 5.75 Å². The van der Waals surface area contributed by atoms with E-state index in [-0.39, 0.29) is 5.69 Å². The zero-order valence-corrected chi connectivity index (χ0v) is 10.3. The highest BCUT2D eigenvalue weighted by Gasteiger charge is 2.23. The number of aryl methyl sites for hydroxylation is 1. The molecule has 0 saturated carbocycles. The number of hydrogen-bond donors (Lipinski definition) is 1. The lowest BCUT2D eigenvalue weighted by Gasteiger charge is -2.22. The van der Waals surface area contributed by atoms with Gasteiger partial charge in [-0.1, -0.05) is 18.2 Å². The largest absolute Gasteiger partial charge is 0.493 e. The molecule has 1 aliphatic heterocycles. The Labute approximate surface area is 110 Å². The van der Waals surface area contributed by atoms with Crippen LogP contribution in [0.5, 0.6) is 5.75 Å². The van der Waals surface area contributed by atoms with Gasteiger partial charge in [-0.3, -0.25) is 4.98 Å². The summed E-state index contributed by atoms with van der Waals surface area (Å²) in [6, 6.07) is 8.37. The molecule has 2 aromatic rings. The van der Waals surface area contributed by atoms with Gasteiger partial charge < -0.3 is 9.84 Å². The molecule has 98 valence electrons. The van der Waals surface area contributed by atoms with E-state index in [0.717, 1.165) is 18.4 Å². The van der Waals surface area contributed by atoms with E-state index in [1.165, 1.54) is 18.3 Å². The third kappa shape index (κ3) is 2.19. The molecule has 1 aromatic carbocycles. The van der Waals surface area contributed by atoms with Crippen LogP contribution in [-0.4, -0.2) is 16.7 Å². The van der Waals surface area contributed by atoms with Crippen molar-refractivity contribution in [3.63, 3.8) is 0 Å². The smallest absolute Gasteiger partial charge is 0.147 e. The number of fused-ring (bicyclic) bond motifs is 1. The van der Waals surface area contributed by atoms with Gasteiger partial charge in [-0.2, -0.15) is 0 Å². The number of ether oxygens (including phenoxy) is 1. The molecular weight excluding hydrogens is 245 g/mol. The van der Waals surface area contributed by atoms with Crippen LogP contribution in [0.3, 0.4) is 0 Å². The molecule has 0 fully saturated rings. The Morgan fingerprint density at radius 3 is 3.00 bits per heavy atom. The predicted molar refractivity (Wildman–Crippen MR) is 68.5 cm³/mol. The Bertz CT molecular complexity index is 600. The standard InChI is InChI=1S/C15H14FNO2/c16-12-7-2-8-17-13(12)14(18)11-6-1-4-10-5-3-9-19-15(10)11/h1-2,4,6-8,14,18H,3,5,9H2. The fourth-order valence-electron chi connectivity index (χ4n) is 2.38. The fourth-order valence-corrected chi connectivity index (χ4v) is 2.38. The number of halogens is 1. The summed E-state index contributed by atoms with van der Waals surface area (Å²) >= 11 is 0. The predicted octanol–water partition coefficient (Wildman–Crippen LogP) is 2.63. The second kappa shape index (κ2) is 4.97. The van der Waals surface area contributed by atoms with Gasteiger partial charge in [-0.15, -0.1) is 0 Å². The lowest BCUT2D eigenvalue weighted by atomic mass is 9.97. The second-order valence-electron chi connectivity index (χ2n) is 4.56. The lowest BCUT2D eigenvalue weighted by Crippen LogP contribution is -2.13. The Hall–Kier alpha value is -1.94. The number of pyridine rings is 1. The summed E-state index contributed by atoms with van der Waals surface area (Å²) in [5, 5.41) is 10.3. The highest BCUT2D eigenvalue weighted by Crippen LogP contribution is 2.35. The summed E-state index contributed by atoms with van der Waals surface area (Å²) < 4.78 is 19.3. The minimum atomic E-state index is -1.10. The molecule has 0 aliphatic carbocycles. The Balaban J connectivity index is 2.05. The third-order valence-corrected chi connectivity index (χ3v) is 3.30. The van der Waals surface area contributed by atoms with Crippen molar-refractivity contribution in [2.45, 2.75) is 18.9 Å². The van der Waals surface area contributed by atoms with Gasteiger partial charge in [0.05, 0.1) is 6.61 Å². The first-order valence-electron chi connectivity index (χ1n) is 6.30. The van der Waals surface area contributed by atoms with Crippen molar-refractivity contribution in [1.29, 1.82) is 0 Å².